The molecule has 0 bridgehead atoms. The van der Waals surface area contributed by atoms with Crippen LogP contribution in [0.1, 0.15) is 72.6 Å². The standard InChI is InChI=1S/C20H27N5O2/c1-13(2)15-10-17(23(3)22-15)20(27)24-8-4-6-14(12-24)16-11-19(26)21-18-7-5-9-25(16)18/h10-11,13-14H,4-9,12H2,1-3H3/t14-/m0/s1. The fraction of sp³-hybridized carbons (Fsp3) is 0.600. The Morgan fingerprint density at radius 1 is 1.22 bits per heavy atom. The molecule has 0 spiro atoms. The number of aromatic nitrogens is 4. The van der Waals surface area contributed by atoms with Crippen molar-refractivity contribution in [2.45, 2.75) is 57.9 Å². The molecule has 2 aromatic rings. The molecule has 1 fully saturated rings. The molecule has 27 heavy (non-hydrogen) atoms. The first kappa shape index (κ1) is 17.9. The molecule has 7 heteroatoms. The summed E-state index contributed by atoms with van der Waals surface area (Å²) in [4.78, 5) is 31.2. The Labute approximate surface area is 159 Å². The number of hydrogen-bond donors (Lipinski definition) is 0. The number of carbonyl (C=O) groups is 1. The van der Waals surface area contributed by atoms with Gasteiger partial charge in [-0.05, 0) is 31.2 Å². The van der Waals surface area contributed by atoms with Crippen LogP contribution >= 0.6 is 0 Å². The van der Waals surface area contributed by atoms with E-state index in [2.05, 4.69) is 28.5 Å². The van der Waals surface area contributed by atoms with Gasteiger partial charge < -0.3 is 9.47 Å². The monoisotopic (exact) mass is 369 g/mol. The number of aryl methyl sites for hydroxylation is 2. The van der Waals surface area contributed by atoms with Gasteiger partial charge in [-0.3, -0.25) is 14.3 Å². The van der Waals surface area contributed by atoms with Crippen molar-refractivity contribution in [1.29, 1.82) is 0 Å². The van der Waals surface area contributed by atoms with Gasteiger partial charge in [0.25, 0.3) is 11.5 Å². The summed E-state index contributed by atoms with van der Waals surface area (Å²) < 4.78 is 3.89. The molecule has 2 aliphatic rings. The van der Waals surface area contributed by atoms with E-state index in [1.54, 1.807) is 10.7 Å². The summed E-state index contributed by atoms with van der Waals surface area (Å²) in [6.45, 7) is 6.47. The number of likely N-dealkylation sites (tertiary alicyclic amines) is 1. The van der Waals surface area contributed by atoms with Crippen LogP contribution in [0.2, 0.25) is 0 Å². The van der Waals surface area contributed by atoms with E-state index in [0.717, 1.165) is 56.0 Å². The molecule has 0 N–H and O–H groups in total. The third-order valence-corrected chi connectivity index (χ3v) is 5.75. The lowest BCUT2D eigenvalue weighted by molar-refractivity contribution is 0.0693. The van der Waals surface area contributed by atoms with Crippen LogP contribution in [0.4, 0.5) is 0 Å². The zero-order valence-corrected chi connectivity index (χ0v) is 16.3. The molecule has 1 amide bonds. The molecular weight excluding hydrogens is 342 g/mol. The van der Waals surface area contributed by atoms with Crippen molar-refractivity contribution in [3.63, 3.8) is 0 Å². The summed E-state index contributed by atoms with van der Waals surface area (Å²) in [5, 5.41) is 4.48. The normalized spacial score (nSPS) is 19.6. The second-order valence-electron chi connectivity index (χ2n) is 8.01. The lowest BCUT2D eigenvalue weighted by Crippen LogP contribution is -2.40. The zero-order valence-electron chi connectivity index (χ0n) is 16.3. The van der Waals surface area contributed by atoms with Crippen molar-refractivity contribution in [2.24, 2.45) is 7.05 Å². The fourth-order valence-electron chi connectivity index (χ4n) is 4.29. The SMILES string of the molecule is CC(C)c1cc(C(=O)N2CCC[C@H](c3cc(=O)nc4n3CCC4)C2)n(C)n1. The Bertz CT molecular complexity index is 927. The molecule has 7 nitrogen and oxygen atoms in total. The average molecular weight is 369 g/mol. The van der Waals surface area contributed by atoms with Crippen molar-refractivity contribution >= 4 is 5.91 Å². The molecule has 0 aromatic carbocycles. The number of carbonyl (C=O) groups excluding carboxylic acids is 1. The van der Waals surface area contributed by atoms with Gasteiger partial charge in [0.15, 0.2) is 0 Å². The van der Waals surface area contributed by atoms with E-state index in [1.165, 1.54) is 0 Å². The quantitative estimate of drug-likeness (QED) is 0.830. The van der Waals surface area contributed by atoms with Gasteiger partial charge in [-0.25, -0.2) is 0 Å². The van der Waals surface area contributed by atoms with E-state index >= 15 is 0 Å². The van der Waals surface area contributed by atoms with Gasteiger partial charge in [-0.15, -0.1) is 0 Å². The number of amides is 1. The minimum absolute atomic E-state index is 0.0275. The summed E-state index contributed by atoms with van der Waals surface area (Å²) in [5.74, 6) is 1.40. The molecule has 2 aromatic heterocycles. The highest BCUT2D eigenvalue weighted by Gasteiger charge is 2.30. The first-order valence-corrected chi connectivity index (χ1v) is 9.88. The maximum Gasteiger partial charge on any atom is 0.273 e. The third-order valence-electron chi connectivity index (χ3n) is 5.75. The maximum absolute atomic E-state index is 13.1. The Morgan fingerprint density at radius 3 is 2.78 bits per heavy atom. The van der Waals surface area contributed by atoms with Crippen LogP contribution in [0.25, 0.3) is 0 Å². The van der Waals surface area contributed by atoms with Gasteiger partial charge in [-0.1, -0.05) is 13.8 Å². The first-order chi connectivity index (χ1) is 12.9. The fourth-order valence-corrected chi connectivity index (χ4v) is 4.29. The zero-order chi connectivity index (χ0) is 19.1. The molecule has 144 valence electrons. The number of fused-ring (bicyclic) bond motifs is 1. The van der Waals surface area contributed by atoms with Gasteiger partial charge in [-0.2, -0.15) is 10.1 Å². The topological polar surface area (TPSA) is 73.0 Å². The summed E-state index contributed by atoms with van der Waals surface area (Å²) >= 11 is 0. The van der Waals surface area contributed by atoms with E-state index in [1.807, 2.05) is 18.0 Å². The van der Waals surface area contributed by atoms with Gasteiger partial charge in [0.1, 0.15) is 11.5 Å². The predicted molar refractivity (Wildman–Crippen MR) is 102 cm³/mol. The molecule has 2 aliphatic heterocycles. The number of rotatable bonds is 3. The molecule has 4 rings (SSSR count). The van der Waals surface area contributed by atoms with E-state index in [4.69, 9.17) is 0 Å². The summed E-state index contributed by atoms with van der Waals surface area (Å²) in [6, 6.07) is 3.58. The largest absolute Gasteiger partial charge is 0.337 e. The van der Waals surface area contributed by atoms with E-state index in [9.17, 15) is 9.59 Å². The molecule has 1 saturated heterocycles. The van der Waals surface area contributed by atoms with E-state index < -0.39 is 0 Å². The Kier molecular flexibility index (Phi) is 4.61. The van der Waals surface area contributed by atoms with Crippen molar-refractivity contribution in [3.05, 3.63) is 45.4 Å². The number of hydrogen-bond acceptors (Lipinski definition) is 4. The van der Waals surface area contributed by atoms with Crippen LogP contribution in [0.15, 0.2) is 16.9 Å². The Morgan fingerprint density at radius 2 is 2.04 bits per heavy atom. The lowest BCUT2D eigenvalue weighted by Gasteiger charge is -2.33. The maximum atomic E-state index is 13.1. The molecule has 1 atom stereocenters. The van der Waals surface area contributed by atoms with E-state index in [-0.39, 0.29) is 23.3 Å². The number of nitrogens with zero attached hydrogens (tertiary/aromatic N) is 5. The predicted octanol–water partition coefficient (Wildman–Crippen LogP) is 2.07. The third kappa shape index (κ3) is 3.31. The highest BCUT2D eigenvalue weighted by atomic mass is 16.2. The molecule has 0 unspecified atom stereocenters. The molecule has 4 heterocycles. The summed E-state index contributed by atoms with van der Waals surface area (Å²) in [7, 11) is 1.83. The summed E-state index contributed by atoms with van der Waals surface area (Å²) in [6.07, 6.45) is 3.84. The van der Waals surface area contributed by atoms with E-state index in [0.29, 0.717) is 12.2 Å². The van der Waals surface area contributed by atoms with Crippen LogP contribution in [-0.4, -0.2) is 43.2 Å². The second kappa shape index (κ2) is 6.94. The van der Waals surface area contributed by atoms with Gasteiger partial charge in [0.05, 0.1) is 5.69 Å². The lowest BCUT2D eigenvalue weighted by atomic mass is 9.93. The molecular formula is C20H27N5O2. The number of piperidine rings is 1. The van der Waals surface area contributed by atoms with Crippen molar-refractivity contribution in [3.8, 4) is 0 Å². The van der Waals surface area contributed by atoms with Crippen molar-refractivity contribution < 1.29 is 4.79 Å². The first-order valence-electron chi connectivity index (χ1n) is 9.88. The highest BCUT2D eigenvalue weighted by Crippen LogP contribution is 2.29. The van der Waals surface area contributed by atoms with Crippen LogP contribution in [-0.2, 0) is 20.0 Å². The van der Waals surface area contributed by atoms with Gasteiger partial charge in [0.2, 0.25) is 0 Å². The van der Waals surface area contributed by atoms with Crippen LogP contribution in [0.3, 0.4) is 0 Å². The highest BCUT2D eigenvalue weighted by molar-refractivity contribution is 5.92. The van der Waals surface area contributed by atoms with Crippen LogP contribution in [0.5, 0.6) is 0 Å². The average Bonchev–Trinajstić information content (AvgIpc) is 3.27. The minimum Gasteiger partial charge on any atom is -0.337 e. The molecule has 0 aliphatic carbocycles. The Balaban J connectivity index is 1.59. The smallest absolute Gasteiger partial charge is 0.273 e. The molecule has 0 radical (unpaired) electrons. The van der Waals surface area contributed by atoms with Crippen LogP contribution in [0, 0.1) is 0 Å². The molecule has 0 saturated carbocycles. The minimum atomic E-state index is -0.158. The van der Waals surface area contributed by atoms with Crippen molar-refractivity contribution in [1.82, 2.24) is 24.2 Å². The summed E-state index contributed by atoms with van der Waals surface area (Å²) in [5.41, 5.74) is 2.46. The van der Waals surface area contributed by atoms with Gasteiger partial charge >= 0.3 is 0 Å². The Hall–Kier alpha value is -2.44. The second-order valence-corrected chi connectivity index (χ2v) is 8.01. The van der Waals surface area contributed by atoms with Crippen LogP contribution < -0.4 is 5.56 Å². The van der Waals surface area contributed by atoms with Crippen molar-refractivity contribution in [2.75, 3.05) is 13.1 Å². The van der Waals surface area contributed by atoms with Gasteiger partial charge in [0, 0.05) is 50.8 Å².